The van der Waals surface area contributed by atoms with Gasteiger partial charge in [-0.3, -0.25) is 9.36 Å². The monoisotopic (exact) mass is 621 g/mol. The van der Waals surface area contributed by atoms with Crippen LogP contribution < -0.4 is 5.32 Å². The molecule has 4 aliphatic rings. The number of nitrogens with one attached hydrogen (secondary N) is 1. The topological polar surface area (TPSA) is 102 Å². The van der Waals surface area contributed by atoms with Gasteiger partial charge >= 0.3 is 13.7 Å². The van der Waals surface area contributed by atoms with Gasteiger partial charge in [-0.1, -0.05) is 59.1 Å². The molecule has 2 N–H and O–H groups in total. The summed E-state index contributed by atoms with van der Waals surface area (Å²) in [6, 6.07) is 0. The van der Waals surface area contributed by atoms with Crippen LogP contribution in [0.4, 0.5) is 4.79 Å². The summed E-state index contributed by atoms with van der Waals surface area (Å²) >= 11 is 0. The van der Waals surface area contributed by atoms with Gasteiger partial charge in [-0.15, -0.1) is 0 Å². The number of unbranched alkanes of at least 4 members (excludes halogenated alkanes) is 3. The molecule has 0 bridgehead atoms. The number of fused-ring (bicyclic) bond motifs is 5. The van der Waals surface area contributed by atoms with Gasteiger partial charge in [0.05, 0.1) is 6.61 Å². The predicted octanol–water partition coefficient (Wildman–Crippen LogP) is 8.69. The normalized spacial score (nSPS) is 35.6. The average Bonchev–Trinajstić information content (AvgIpc) is 3.29. The van der Waals surface area contributed by atoms with Crippen molar-refractivity contribution >= 4 is 19.5 Å². The Morgan fingerprint density at radius 1 is 1.05 bits per heavy atom. The van der Waals surface area contributed by atoms with Gasteiger partial charge in [0.1, 0.15) is 11.9 Å². The molecule has 0 aromatic rings. The van der Waals surface area contributed by atoms with E-state index in [2.05, 4.69) is 32.2 Å². The summed E-state index contributed by atoms with van der Waals surface area (Å²) in [4.78, 5) is 34.0. The SMILES string of the molecule is CC(C)C(=O)CC[C@@H](C)[C@H]1CC[C@H]2[C@@H]3CC=C4C[C@@H](OC(=O)NCCCCCCOP(C)(=O)O)CC[C@]4(C)[C@H]3CC[C@]12C. The highest BCUT2D eigenvalue weighted by atomic mass is 31.2. The lowest BCUT2D eigenvalue weighted by Gasteiger charge is -2.58. The van der Waals surface area contributed by atoms with Crippen LogP contribution in [0.25, 0.3) is 0 Å². The first kappa shape index (κ1) is 34.7. The van der Waals surface area contributed by atoms with Gasteiger partial charge in [-0.2, -0.15) is 0 Å². The van der Waals surface area contributed by atoms with E-state index in [-0.39, 0.29) is 23.5 Å². The Morgan fingerprint density at radius 3 is 2.51 bits per heavy atom. The van der Waals surface area contributed by atoms with Crippen molar-refractivity contribution in [2.45, 2.75) is 131 Å². The number of carbonyl (C=O) groups excluding carboxylic acids is 2. The highest BCUT2D eigenvalue weighted by Crippen LogP contribution is 2.67. The lowest BCUT2D eigenvalue weighted by Crippen LogP contribution is -2.51. The maximum absolute atomic E-state index is 12.5. The zero-order chi connectivity index (χ0) is 31.4. The van der Waals surface area contributed by atoms with Crippen LogP contribution in [0.2, 0.25) is 0 Å². The second-order valence-corrected chi connectivity index (χ2v) is 17.2. The Morgan fingerprint density at radius 2 is 1.79 bits per heavy atom. The number of hydrogen-bond donors (Lipinski definition) is 2. The summed E-state index contributed by atoms with van der Waals surface area (Å²) in [5.41, 5.74) is 2.14. The fourth-order valence-corrected chi connectivity index (χ4v) is 10.2. The molecule has 3 saturated carbocycles. The van der Waals surface area contributed by atoms with Gasteiger partial charge in [-0.05, 0) is 105 Å². The molecule has 4 aliphatic carbocycles. The standard InChI is InChI=1S/C35H60NO6P/c1-24(2)32(37)16-11-25(3)29-14-15-30-28-13-12-26-23-27(17-19-34(26,4)31(28)18-20-35(29,30)5)42-33(38)36-21-9-7-8-10-22-41-43(6,39)40/h12,24-25,27-31H,7-11,13-23H2,1-6H3,(H,36,38)(H,39,40)/t25-,27+,28+,29-,30+,31+,34+,35-/m1/s1. The van der Waals surface area contributed by atoms with Crippen molar-refractivity contribution in [3.63, 3.8) is 0 Å². The molecule has 246 valence electrons. The number of hydrogen-bond acceptors (Lipinski definition) is 5. The number of amides is 1. The zero-order valence-electron chi connectivity index (χ0n) is 27.9. The van der Waals surface area contributed by atoms with E-state index in [0.717, 1.165) is 81.5 Å². The van der Waals surface area contributed by atoms with Crippen LogP contribution in [0.5, 0.6) is 0 Å². The number of carbonyl (C=O) groups is 2. The van der Waals surface area contributed by atoms with Crippen molar-refractivity contribution in [1.82, 2.24) is 5.32 Å². The zero-order valence-corrected chi connectivity index (χ0v) is 28.8. The van der Waals surface area contributed by atoms with Crippen LogP contribution in [0.1, 0.15) is 125 Å². The molecule has 3 fully saturated rings. The summed E-state index contributed by atoms with van der Waals surface area (Å²) in [5.74, 6) is 4.17. The van der Waals surface area contributed by atoms with E-state index in [0.29, 0.717) is 30.3 Å². The molecule has 0 aliphatic heterocycles. The minimum absolute atomic E-state index is 0.0460. The highest BCUT2D eigenvalue weighted by molar-refractivity contribution is 7.51. The van der Waals surface area contributed by atoms with Crippen molar-refractivity contribution in [3.05, 3.63) is 11.6 Å². The number of ether oxygens (including phenoxy) is 1. The smallest absolute Gasteiger partial charge is 0.407 e. The van der Waals surface area contributed by atoms with Crippen LogP contribution in [0.3, 0.4) is 0 Å². The molecule has 8 heteroatoms. The fourth-order valence-electron chi connectivity index (χ4n) is 9.76. The number of allylic oxidation sites excluding steroid dienone is 1. The van der Waals surface area contributed by atoms with Crippen LogP contribution in [0, 0.1) is 46.3 Å². The number of rotatable bonds is 14. The molecule has 0 aromatic carbocycles. The Balaban J connectivity index is 1.24. The average molecular weight is 622 g/mol. The molecule has 0 saturated heterocycles. The molecule has 9 atom stereocenters. The summed E-state index contributed by atoms with van der Waals surface area (Å²) in [5, 5.41) is 2.92. The van der Waals surface area contributed by atoms with Crippen LogP contribution in [-0.2, 0) is 18.6 Å². The molecule has 0 heterocycles. The Bertz CT molecular complexity index is 1050. The summed E-state index contributed by atoms with van der Waals surface area (Å²) in [6.45, 7) is 13.6. The molecule has 43 heavy (non-hydrogen) atoms. The first-order chi connectivity index (χ1) is 20.2. The third-order valence-electron chi connectivity index (χ3n) is 12.3. The van der Waals surface area contributed by atoms with E-state index in [1.807, 2.05) is 13.8 Å². The number of ketones is 1. The first-order valence-electron chi connectivity index (χ1n) is 17.4. The van der Waals surface area contributed by atoms with E-state index in [9.17, 15) is 14.2 Å². The van der Waals surface area contributed by atoms with Gasteiger partial charge in [0.15, 0.2) is 0 Å². The van der Waals surface area contributed by atoms with Gasteiger partial charge in [0.2, 0.25) is 0 Å². The second-order valence-electron chi connectivity index (χ2n) is 15.4. The summed E-state index contributed by atoms with van der Waals surface area (Å²) in [6.07, 6.45) is 16.7. The molecular weight excluding hydrogens is 561 g/mol. The van der Waals surface area contributed by atoms with Gasteiger partial charge in [0, 0.05) is 32.0 Å². The van der Waals surface area contributed by atoms with Gasteiger partial charge in [0.25, 0.3) is 0 Å². The maximum Gasteiger partial charge on any atom is 0.407 e. The van der Waals surface area contributed by atoms with E-state index in [1.54, 1.807) is 0 Å². The molecule has 4 rings (SSSR count). The Hall–Kier alpha value is -1.17. The highest BCUT2D eigenvalue weighted by Gasteiger charge is 2.59. The molecule has 0 spiro atoms. The second kappa shape index (κ2) is 14.5. The Kier molecular flexibility index (Phi) is 11.7. The summed E-state index contributed by atoms with van der Waals surface area (Å²) in [7, 11) is -3.39. The van der Waals surface area contributed by atoms with E-state index >= 15 is 0 Å². The fraction of sp³-hybridized carbons (Fsp3) is 0.886. The van der Waals surface area contributed by atoms with Crippen molar-refractivity contribution in [2.24, 2.45) is 46.3 Å². The first-order valence-corrected chi connectivity index (χ1v) is 19.4. The van der Waals surface area contributed by atoms with Crippen molar-refractivity contribution in [1.29, 1.82) is 0 Å². The van der Waals surface area contributed by atoms with Crippen molar-refractivity contribution in [2.75, 3.05) is 19.8 Å². The minimum atomic E-state index is -3.39. The van der Waals surface area contributed by atoms with Crippen LogP contribution >= 0.6 is 7.60 Å². The molecular formula is C35H60NO6P. The largest absolute Gasteiger partial charge is 0.446 e. The molecule has 0 radical (unpaired) electrons. The minimum Gasteiger partial charge on any atom is -0.446 e. The van der Waals surface area contributed by atoms with E-state index < -0.39 is 7.60 Å². The van der Waals surface area contributed by atoms with Crippen molar-refractivity contribution in [3.8, 4) is 0 Å². The maximum atomic E-state index is 12.5. The third kappa shape index (κ3) is 8.36. The predicted molar refractivity (Wildman–Crippen MR) is 172 cm³/mol. The molecule has 1 amide bonds. The lowest BCUT2D eigenvalue weighted by molar-refractivity contribution is -0.122. The molecule has 7 nitrogen and oxygen atoms in total. The van der Waals surface area contributed by atoms with Crippen LogP contribution in [-0.4, -0.2) is 42.7 Å². The quantitative estimate of drug-likeness (QED) is 0.114. The summed E-state index contributed by atoms with van der Waals surface area (Å²) < 4.78 is 21.9. The molecule has 0 aromatic heterocycles. The lowest BCUT2D eigenvalue weighted by atomic mass is 9.47. The van der Waals surface area contributed by atoms with Crippen LogP contribution in [0.15, 0.2) is 11.6 Å². The van der Waals surface area contributed by atoms with E-state index in [1.165, 1.54) is 44.3 Å². The number of alkyl carbamates (subject to hydrolysis) is 1. The Labute approximate surface area is 261 Å². The van der Waals surface area contributed by atoms with Gasteiger partial charge in [-0.25, -0.2) is 4.79 Å². The van der Waals surface area contributed by atoms with E-state index in [4.69, 9.17) is 14.2 Å². The van der Waals surface area contributed by atoms with Crippen molar-refractivity contribution < 1.29 is 28.3 Å². The number of Topliss-reactive ketones (excluding diaryl/α,β-unsaturated/α-hetero) is 1. The van der Waals surface area contributed by atoms with Gasteiger partial charge < -0.3 is 19.5 Å². The third-order valence-corrected chi connectivity index (χ3v) is 12.9. The molecule has 1 unspecified atom stereocenters.